The number of aliphatic hydroxyl groups is 2. The van der Waals surface area contributed by atoms with Crippen LogP contribution in [0.2, 0.25) is 0 Å². The van der Waals surface area contributed by atoms with Gasteiger partial charge in [0.1, 0.15) is 17.5 Å². The minimum atomic E-state index is -1.29. The van der Waals surface area contributed by atoms with Crippen molar-refractivity contribution in [1.82, 2.24) is 0 Å². The van der Waals surface area contributed by atoms with Crippen LogP contribution in [0.1, 0.15) is 5.56 Å². The first-order valence-corrected chi connectivity index (χ1v) is 6.06. The van der Waals surface area contributed by atoms with E-state index >= 15 is 0 Å². The molecule has 2 N–H and O–H groups in total. The third-order valence-electron chi connectivity index (χ3n) is 2.91. The molecule has 0 aromatic heterocycles. The molecule has 8 heteroatoms. The summed E-state index contributed by atoms with van der Waals surface area (Å²) in [6.45, 7) is 0.202. The molecule has 4 atom stereocenters. The van der Waals surface area contributed by atoms with E-state index in [0.29, 0.717) is 0 Å². The van der Waals surface area contributed by atoms with E-state index in [1.54, 1.807) is 0 Å². The summed E-state index contributed by atoms with van der Waals surface area (Å²) >= 11 is 0. The molecule has 0 bridgehead atoms. The molecule has 8 nitrogen and oxygen atoms in total. The molecular weight excluding hydrogens is 266 g/mol. The van der Waals surface area contributed by atoms with Crippen LogP contribution in [-0.4, -0.2) is 41.4 Å². The quantitative estimate of drug-likeness (QED) is 0.360. The molecule has 0 aliphatic carbocycles. The van der Waals surface area contributed by atoms with Gasteiger partial charge in [0.15, 0.2) is 12.4 Å². The van der Waals surface area contributed by atoms with Gasteiger partial charge < -0.3 is 24.5 Å². The van der Waals surface area contributed by atoms with Crippen molar-refractivity contribution >= 4 is 0 Å². The van der Waals surface area contributed by atoms with Gasteiger partial charge in [-0.2, -0.15) is 0 Å². The van der Waals surface area contributed by atoms with Gasteiger partial charge in [0.25, 0.3) is 0 Å². The van der Waals surface area contributed by atoms with E-state index < -0.39 is 24.6 Å². The number of aliphatic hydroxyl groups excluding tert-OH is 2. The third-order valence-corrected chi connectivity index (χ3v) is 2.91. The van der Waals surface area contributed by atoms with Crippen LogP contribution in [0, 0.1) is 0 Å². The molecule has 1 aromatic carbocycles. The largest absolute Gasteiger partial charge is 0.425 e. The Morgan fingerprint density at radius 3 is 2.75 bits per heavy atom. The minimum absolute atomic E-state index is 0.0449. The maximum absolute atomic E-state index is 9.87. The van der Waals surface area contributed by atoms with E-state index in [1.807, 2.05) is 30.3 Å². The molecule has 108 valence electrons. The number of benzene rings is 1. The van der Waals surface area contributed by atoms with Crippen LogP contribution in [0.5, 0.6) is 0 Å². The minimum Gasteiger partial charge on any atom is -0.425 e. The fraction of sp³-hybridized carbons (Fsp3) is 0.500. The summed E-state index contributed by atoms with van der Waals surface area (Å²) in [6.07, 6.45) is -4.42. The molecule has 20 heavy (non-hydrogen) atoms. The highest BCUT2D eigenvalue weighted by atomic mass is 16.7. The summed E-state index contributed by atoms with van der Waals surface area (Å²) < 4.78 is 10.7. The Labute approximate surface area is 115 Å². The standard InChI is InChI=1S/C12H15N3O5/c13-14-15-20-9-7-19-12(11(17)10(9)16)18-6-8-4-2-1-3-5-8/h1-5,9-12,16-17H,6-7H2/t9-,10+,11+,12+/m1/s1. The van der Waals surface area contributed by atoms with Gasteiger partial charge in [-0.05, 0) is 11.1 Å². The van der Waals surface area contributed by atoms with E-state index in [4.69, 9.17) is 15.0 Å². The van der Waals surface area contributed by atoms with Gasteiger partial charge in [-0.3, -0.25) is 0 Å². The summed E-state index contributed by atoms with van der Waals surface area (Å²) in [7, 11) is 0. The van der Waals surface area contributed by atoms with Crippen LogP contribution in [0.4, 0.5) is 0 Å². The summed E-state index contributed by atoms with van der Waals surface area (Å²) in [5.41, 5.74) is 9.06. The zero-order chi connectivity index (χ0) is 14.4. The molecule has 2 rings (SSSR count). The number of rotatable bonds is 5. The van der Waals surface area contributed by atoms with Crippen molar-refractivity contribution in [2.24, 2.45) is 5.28 Å². The lowest BCUT2D eigenvalue weighted by Crippen LogP contribution is -2.54. The Morgan fingerprint density at radius 2 is 2.05 bits per heavy atom. The first-order chi connectivity index (χ1) is 9.72. The zero-order valence-electron chi connectivity index (χ0n) is 10.6. The van der Waals surface area contributed by atoms with Gasteiger partial charge >= 0.3 is 0 Å². The SMILES string of the molecule is [N-]=[N+]=NO[C@@H]1CO[C@H](OCc2ccccc2)[C@@H](O)[C@H]1O. The Morgan fingerprint density at radius 1 is 1.30 bits per heavy atom. The van der Waals surface area contributed by atoms with Crippen molar-refractivity contribution in [2.75, 3.05) is 6.61 Å². The Balaban J connectivity index is 1.87. The second-order valence-electron chi connectivity index (χ2n) is 4.29. The number of ether oxygens (including phenoxy) is 2. The highest BCUT2D eigenvalue weighted by molar-refractivity contribution is 5.13. The summed E-state index contributed by atoms with van der Waals surface area (Å²) in [6, 6.07) is 9.38. The molecule has 0 saturated carbocycles. The van der Waals surface area contributed by atoms with Crippen molar-refractivity contribution in [2.45, 2.75) is 31.2 Å². The second-order valence-corrected chi connectivity index (χ2v) is 4.29. The van der Waals surface area contributed by atoms with Gasteiger partial charge in [0.2, 0.25) is 0 Å². The summed E-state index contributed by atoms with van der Waals surface area (Å²) in [4.78, 5) is 7.05. The van der Waals surface area contributed by atoms with Crippen molar-refractivity contribution in [3.63, 3.8) is 0 Å². The van der Waals surface area contributed by atoms with Crippen molar-refractivity contribution in [3.8, 4) is 0 Å². The first-order valence-electron chi connectivity index (χ1n) is 6.06. The monoisotopic (exact) mass is 281 g/mol. The average molecular weight is 281 g/mol. The molecular formula is C12H15N3O5. The lowest BCUT2D eigenvalue weighted by Gasteiger charge is -2.35. The molecule has 0 amide bonds. The van der Waals surface area contributed by atoms with Gasteiger partial charge in [-0.1, -0.05) is 30.3 Å². The van der Waals surface area contributed by atoms with Crippen LogP contribution in [0.15, 0.2) is 35.6 Å². The topological polar surface area (TPSA) is 117 Å². The van der Waals surface area contributed by atoms with Crippen LogP contribution >= 0.6 is 0 Å². The van der Waals surface area contributed by atoms with Crippen molar-refractivity contribution in [3.05, 3.63) is 46.3 Å². The maximum atomic E-state index is 9.87. The van der Waals surface area contributed by atoms with Crippen LogP contribution in [0.3, 0.4) is 0 Å². The molecule has 1 saturated heterocycles. The van der Waals surface area contributed by atoms with Gasteiger partial charge in [0.05, 0.1) is 13.2 Å². The number of nitrogens with zero attached hydrogens (tertiary/aromatic N) is 3. The van der Waals surface area contributed by atoms with E-state index in [1.165, 1.54) is 0 Å². The van der Waals surface area contributed by atoms with E-state index in [0.717, 1.165) is 5.56 Å². The van der Waals surface area contributed by atoms with E-state index in [-0.39, 0.29) is 13.2 Å². The molecule has 0 radical (unpaired) electrons. The second kappa shape index (κ2) is 7.09. The van der Waals surface area contributed by atoms with Crippen molar-refractivity contribution < 1.29 is 24.5 Å². The molecule has 1 aliphatic rings. The number of hydrogen-bond acceptors (Lipinski definition) is 6. The molecule has 1 fully saturated rings. The summed E-state index contributed by atoms with van der Waals surface area (Å²) in [5, 5.41) is 22.6. The zero-order valence-corrected chi connectivity index (χ0v) is 10.6. The van der Waals surface area contributed by atoms with E-state index in [9.17, 15) is 10.2 Å². The molecule has 1 aliphatic heterocycles. The van der Waals surface area contributed by atoms with Gasteiger partial charge in [0, 0.05) is 4.91 Å². The summed E-state index contributed by atoms with van der Waals surface area (Å²) in [5.74, 6) is 0. The molecule has 0 unspecified atom stereocenters. The molecule has 1 aromatic rings. The lowest BCUT2D eigenvalue weighted by atomic mass is 10.1. The highest BCUT2D eigenvalue weighted by Crippen LogP contribution is 2.20. The fourth-order valence-electron chi connectivity index (χ4n) is 1.84. The number of hydrogen-bond donors (Lipinski definition) is 2. The maximum Gasteiger partial charge on any atom is 0.186 e. The van der Waals surface area contributed by atoms with Crippen molar-refractivity contribution in [1.29, 1.82) is 0 Å². The Hall–Kier alpha value is -1.83. The fourth-order valence-corrected chi connectivity index (χ4v) is 1.84. The van der Waals surface area contributed by atoms with Gasteiger partial charge in [-0.25, -0.2) is 0 Å². The third kappa shape index (κ3) is 3.60. The molecule has 1 heterocycles. The number of azide groups is 1. The van der Waals surface area contributed by atoms with Crippen LogP contribution in [0.25, 0.3) is 10.4 Å². The smallest absolute Gasteiger partial charge is 0.186 e. The Bertz CT molecular complexity index is 465. The van der Waals surface area contributed by atoms with Crippen LogP contribution in [-0.2, 0) is 20.9 Å². The van der Waals surface area contributed by atoms with Crippen LogP contribution < -0.4 is 0 Å². The predicted octanol–water partition coefficient (Wildman–Crippen LogP) is 0.892. The predicted molar refractivity (Wildman–Crippen MR) is 67.0 cm³/mol. The first kappa shape index (κ1) is 14.6. The van der Waals surface area contributed by atoms with Gasteiger partial charge in [-0.15, -0.1) is 0 Å². The normalized spacial score (nSPS) is 29.5. The lowest BCUT2D eigenvalue weighted by molar-refractivity contribution is -0.280. The average Bonchev–Trinajstić information content (AvgIpc) is 2.49. The highest BCUT2D eigenvalue weighted by Gasteiger charge is 2.40. The molecule has 0 spiro atoms. The Kier molecular flexibility index (Phi) is 5.16. The van der Waals surface area contributed by atoms with E-state index in [2.05, 4.69) is 15.0 Å².